The van der Waals surface area contributed by atoms with Crippen LogP contribution in [0.1, 0.15) is 6.92 Å². The zero-order valence-electron chi connectivity index (χ0n) is 20.4. The Bertz CT molecular complexity index is 1710. The third-order valence-electron chi connectivity index (χ3n) is 5.62. The fraction of sp³-hybridized carbons (Fsp3) is 0.0370. The molecule has 0 aliphatic rings. The van der Waals surface area contributed by atoms with Crippen molar-refractivity contribution in [2.75, 3.05) is 21.7 Å². The van der Waals surface area contributed by atoms with E-state index in [1.54, 1.807) is 24.3 Å². The largest absolute Gasteiger partial charge is 0.383 e. The van der Waals surface area contributed by atoms with Crippen LogP contribution >= 0.6 is 0 Å². The van der Waals surface area contributed by atoms with Crippen LogP contribution in [0.5, 0.6) is 0 Å². The molecule has 0 fully saturated rings. The van der Waals surface area contributed by atoms with Crippen LogP contribution < -0.4 is 21.7 Å². The molecule has 0 aliphatic carbocycles. The van der Waals surface area contributed by atoms with Gasteiger partial charge in [0.1, 0.15) is 23.8 Å². The summed E-state index contributed by atoms with van der Waals surface area (Å²) in [6.07, 6.45) is 4.26. The number of anilines is 4. The molecule has 10 nitrogen and oxygen atoms in total. The van der Waals surface area contributed by atoms with Crippen LogP contribution in [0, 0.1) is 11.6 Å². The van der Waals surface area contributed by atoms with Gasteiger partial charge in [-0.25, -0.2) is 33.5 Å². The van der Waals surface area contributed by atoms with Crippen LogP contribution in [0.25, 0.3) is 33.4 Å². The van der Waals surface area contributed by atoms with Gasteiger partial charge < -0.3 is 21.7 Å². The van der Waals surface area contributed by atoms with E-state index in [1.807, 2.05) is 0 Å². The first kappa shape index (κ1) is 25.1. The van der Waals surface area contributed by atoms with E-state index in [1.165, 1.54) is 49.9 Å². The molecule has 12 heteroatoms. The first-order chi connectivity index (χ1) is 18.8. The number of urea groups is 1. The van der Waals surface area contributed by atoms with Gasteiger partial charge in [-0.15, -0.1) is 0 Å². The summed E-state index contributed by atoms with van der Waals surface area (Å²) >= 11 is 0. The molecule has 0 saturated heterocycles. The Morgan fingerprint density at radius 3 is 2.05 bits per heavy atom. The molecule has 5 N–H and O–H groups in total. The molecule has 0 atom stereocenters. The molecule has 0 saturated carbocycles. The summed E-state index contributed by atoms with van der Waals surface area (Å²) in [4.78, 5) is 39.9. The normalized spacial score (nSPS) is 10.7. The number of amides is 3. The number of halogens is 2. The first-order valence-electron chi connectivity index (χ1n) is 11.5. The number of carbonyl (C=O) groups is 2. The summed E-state index contributed by atoms with van der Waals surface area (Å²) in [5.41, 5.74) is 8.29. The standard InChI is InChI=1S/C27H20F2N8O2/c1-14(38)33-16-2-4-17(5-3-16)34-27(39)35-18-6-7-19(22(28)8-18)26-36-24-10-20(15-11-31-13-32-12-15)23(29)9-21(24)25(30)37-26/h2-13H,1H3,(H,33,38)(H2,30,36,37)(H2,34,35,39). The zero-order chi connectivity index (χ0) is 27.5. The first-order valence-corrected chi connectivity index (χ1v) is 11.5. The lowest BCUT2D eigenvalue weighted by Gasteiger charge is -2.11. The smallest absolute Gasteiger partial charge is 0.323 e. The van der Waals surface area contributed by atoms with Crippen molar-refractivity contribution in [1.29, 1.82) is 0 Å². The number of aromatic nitrogens is 4. The van der Waals surface area contributed by atoms with Crippen molar-refractivity contribution in [3.8, 4) is 22.5 Å². The number of hydrogen-bond donors (Lipinski definition) is 4. The third-order valence-corrected chi connectivity index (χ3v) is 5.62. The Kier molecular flexibility index (Phi) is 6.74. The SMILES string of the molecule is CC(=O)Nc1ccc(NC(=O)Nc2ccc(-c3nc(N)c4cc(F)c(-c5cncnc5)cc4n3)c(F)c2)cc1. The minimum absolute atomic E-state index is 0.00497. The highest BCUT2D eigenvalue weighted by Crippen LogP contribution is 2.31. The molecule has 3 aromatic carbocycles. The number of nitrogens with zero attached hydrogens (tertiary/aromatic N) is 4. The van der Waals surface area contributed by atoms with Crippen LogP contribution in [0.15, 0.2) is 73.3 Å². The number of nitrogens with one attached hydrogen (secondary N) is 3. The number of fused-ring (bicyclic) bond motifs is 1. The Morgan fingerprint density at radius 1 is 0.769 bits per heavy atom. The van der Waals surface area contributed by atoms with E-state index in [9.17, 15) is 14.0 Å². The molecule has 0 radical (unpaired) electrons. The van der Waals surface area contributed by atoms with Crippen molar-refractivity contribution < 1.29 is 18.4 Å². The predicted octanol–water partition coefficient (Wildman–Crippen LogP) is 5.22. The molecular formula is C27H20F2N8O2. The molecule has 0 aliphatic heterocycles. The summed E-state index contributed by atoms with van der Waals surface area (Å²) < 4.78 is 29.8. The van der Waals surface area contributed by atoms with E-state index in [2.05, 4.69) is 35.9 Å². The van der Waals surface area contributed by atoms with Crippen LogP contribution in [-0.2, 0) is 4.79 Å². The molecule has 0 unspecified atom stereocenters. The second-order valence-corrected chi connectivity index (χ2v) is 8.44. The lowest BCUT2D eigenvalue weighted by atomic mass is 10.1. The lowest BCUT2D eigenvalue weighted by molar-refractivity contribution is -0.114. The van der Waals surface area contributed by atoms with E-state index < -0.39 is 17.7 Å². The fourth-order valence-corrected chi connectivity index (χ4v) is 3.86. The van der Waals surface area contributed by atoms with Gasteiger partial charge in [-0.1, -0.05) is 0 Å². The van der Waals surface area contributed by atoms with E-state index in [0.717, 1.165) is 6.07 Å². The van der Waals surface area contributed by atoms with Gasteiger partial charge in [-0.2, -0.15) is 0 Å². The number of benzene rings is 3. The number of nitrogen functional groups attached to an aromatic ring is 1. The van der Waals surface area contributed by atoms with Crippen molar-refractivity contribution in [2.24, 2.45) is 0 Å². The van der Waals surface area contributed by atoms with Crippen LogP contribution in [0.4, 0.5) is 36.5 Å². The highest BCUT2D eigenvalue weighted by atomic mass is 19.1. The Balaban J connectivity index is 1.36. The Labute approximate surface area is 220 Å². The van der Waals surface area contributed by atoms with Crippen LogP contribution in [0.3, 0.4) is 0 Å². The molecule has 5 rings (SSSR count). The topological polar surface area (TPSA) is 148 Å². The van der Waals surface area contributed by atoms with Gasteiger partial charge in [0.15, 0.2) is 5.82 Å². The molecule has 0 spiro atoms. The average Bonchev–Trinajstić information content (AvgIpc) is 2.90. The van der Waals surface area contributed by atoms with Gasteiger partial charge in [-0.3, -0.25) is 4.79 Å². The van der Waals surface area contributed by atoms with Gasteiger partial charge >= 0.3 is 6.03 Å². The molecule has 194 valence electrons. The minimum Gasteiger partial charge on any atom is -0.383 e. The number of nitrogens with two attached hydrogens (primary N) is 1. The van der Waals surface area contributed by atoms with E-state index >= 15 is 4.39 Å². The molecule has 39 heavy (non-hydrogen) atoms. The van der Waals surface area contributed by atoms with Gasteiger partial charge in [0, 0.05) is 52.9 Å². The highest BCUT2D eigenvalue weighted by Gasteiger charge is 2.16. The van der Waals surface area contributed by atoms with Crippen LogP contribution in [0.2, 0.25) is 0 Å². The third kappa shape index (κ3) is 5.59. The minimum atomic E-state index is -0.704. The summed E-state index contributed by atoms with van der Waals surface area (Å²) in [6.45, 7) is 1.39. The average molecular weight is 527 g/mol. The maximum Gasteiger partial charge on any atom is 0.323 e. The molecular weight excluding hydrogens is 506 g/mol. The molecule has 2 heterocycles. The Hall–Kier alpha value is -5.52. The molecule has 5 aromatic rings. The Morgan fingerprint density at radius 2 is 1.38 bits per heavy atom. The second-order valence-electron chi connectivity index (χ2n) is 8.44. The van der Waals surface area contributed by atoms with Gasteiger partial charge in [-0.05, 0) is 54.6 Å². The second kappa shape index (κ2) is 10.5. The molecule has 3 amide bonds. The van der Waals surface area contributed by atoms with Crippen molar-refractivity contribution in [2.45, 2.75) is 6.92 Å². The quantitative estimate of drug-likeness (QED) is 0.245. The van der Waals surface area contributed by atoms with Gasteiger partial charge in [0.05, 0.1) is 11.1 Å². The van der Waals surface area contributed by atoms with Gasteiger partial charge in [0.2, 0.25) is 5.91 Å². The number of hydrogen-bond acceptors (Lipinski definition) is 7. The maximum atomic E-state index is 15.1. The number of carbonyl (C=O) groups excluding carboxylic acids is 2. The summed E-state index contributed by atoms with van der Waals surface area (Å²) in [5.74, 6) is -1.49. The van der Waals surface area contributed by atoms with E-state index in [4.69, 9.17) is 5.73 Å². The van der Waals surface area contributed by atoms with Crippen molar-refractivity contribution in [3.63, 3.8) is 0 Å². The highest BCUT2D eigenvalue weighted by molar-refractivity contribution is 6.00. The van der Waals surface area contributed by atoms with Crippen molar-refractivity contribution in [3.05, 3.63) is 85.0 Å². The predicted molar refractivity (Wildman–Crippen MR) is 144 cm³/mol. The van der Waals surface area contributed by atoms with E-state index in [-0.39, 0.29) is 39.7 Å². The monoisotopic (exact) mass is 526 g/mol. The van der Waals surface area contributed by atoms with Crippen molar-refractivity contribution in [1.82, 2.24) is 19.9 Å². The number of rotatable bonds is 5. The summed E-state index contributed by atoms with van der Waals surface area (Å²) in [7, 11) is 0. The molecule has 0 bridgehead atoms. The fourth-order valence-electron chi connectivity index (χ4n) is 3.86. The van der Waals surface area contributed by atoms with E-state index in [0.29, 0.717) is 22.5 Å². The summed E-state index contributed by atoms with van der Waals surface area (Å²) in [5, 5.41) is 8.08. The van der Waals surface area contributed by atoms with Gasteiger partial charge in [0.25, 0.3) is 0 Å². The lowest BCUT2D eigenvalue weighted by Crippen LogP contribution is -2.19. The maximum absolute atomic E-state index is 15.1. The zero-order valence-corrected chi connectivity index (χ0v) is 20.4. The van der Waals surface area contributed by atoms with Crippen molar-refractivity contribution >= 4 is 45.7 Å². The summed E-state index contributed by atoms with van der Waals surface area (Å²) in [6, 6.07) is 12.6. The van der Waals surface area contributed by atoms with Crippen LogP contribution in [-0.4, -0.2) is 31.9 Å². The molecule has 2 aromatic heterocycles.